The third-order valence-electron chi connectivity index (χ3n) is 4.39. The Hall–Kier alpha value is -1.94. The number of thioether (sulfide) groups is 1. The summed E-state index contributed by atoms with van der Waals surface area (Å²) in [4.78, 5) is 13.6. The summed E-state index contributed by atoms with van der Waals surface area (Å²) in [5, 5.41) is 2.98. The molecule has 0 heterocycles. The van der Waals surface area contributed by atoms with Gasteiger partial charge in [0.05, 0.1) is 5.69 Å². The van der Waals surface area contributed by atoms with Crippen molar-refractivity contribution in [3.8, 4) is 5.75 Å². The molecule has 1 amide bonds. The molecule has 3 rings (SSSR count). The van der Waals surface area contributed by atoms with Crippen molar-refractivity contribution in [3.05, 3.63) is 53.6 Å². The predicted molar refractivity (Wildman–Crippen MR) is 100 cm³/mol. The molecular weight excluding hydrogens is 318 g/mol. The molecule has 0 aliphatic heterocycles. The first kappa shape index (κ1) is 16.9. The lowest BCUT2D eigenvalue weighted by Crippen LogP contribution is -2.30. The molecule has 2 aromatic rings. The van der Waals surface area contributed by atoms with Gasteiger partial charge in [-0.2, -0.15) is 0 Å². The lowest BCUT2D eigenvalue weighted by Gasteiger charge is -2.22. The molecule has 4 heteroatoms. The van der Waals surface area contributed by atoms with Crippen LogP contribution in [0.4, 0.5) is 5.69 Å². The Balaban J connectivity index is 1.71. The number of carbonyl (C=O) groups excluding carboxylic acids is 1. The first-order valence-electron chi connectivity index (χ1n) is 8.40. The topological polar surface area (TPSA) is 38.3 Å². The van der Waals surface area contributed by atoms with Gasteiger partial charge in [0.1, 0.15) is 5.75 Å². The molecule has 2 aromatic carbocycles. The maximum absolute atomic E-state index is 12.5. The van der Waals surface area contributed by atoms with E-state index in [1.807, 2.05) is 42.7 Å². The molecule has 0 aromatic heterocycles. The summed E-state index contributed by atoms with van der Waals surface area (Å²) >= 11 is 1.62. The van der Waals surface area contributed by atoms with E-state index in [0.29, 0.717) is 0 Å². The van der Waals surface area contributed by atoms with Crippen molar-refractivity contribution in [2.45, 2.75) is 43.6 Å². The molecule has 1 aliphatic carbocycles. The summed E-state index contributed by atoms with van der Waals surface area (Å²) in [6.45, 7) is 1.80. The minimum atomic E-state index is -0.534. The second-order valence-corrected chi connectivity index (χ2v) is 6.90. The van der Waals surface area contributed by atoms with Gasteiger partial charge in [-0.1, -0.05) is 24.3 Å². The number of carbonyl (C=O) groups is 1. The highest BCUT2D eigenvalue weighted by atomic mass is 32.2. The first-order valence-corrected chi connectivity index (χ1v) is 9.63. The number of amides is 1. The number of para-hydroxylation sites is 1. The van der Waals surface area contributed by atoms with Crippen molar-refractivity contribution >= 4 is 23.4 Å². The fourth-order valence-electron chi connectivity index (χ4n) is 3.08. The molecule has 24 heavy (non-hydrogen) atoms. The van der Waals surface area contributed by atoms with E-state index in [9.17, 15) is 4.79 Å². The number of fused-ring (bicyclic) bond motifs is 1. The van der Waals surface area contributed by atoms with Crippen LogP contribution in [0.5, 0.6) is 5.75 Å². The molecule has 1 unspecified atom stereocenters. The van der Waals surface area contributed by atoms with Crippen LogP contribution in [0.3, 0.4) is 0 Å². The van der Waals surface area contributed by atoms with Gasteiger partial charge in [0.25, 0.3) is 5.91 Å². The SMILES string of the molecule is CSc1ccccc1NC(=O)C(C)Oc1cccc2c1CCCC2. The highest BCUT2D eigenvalue weighted by molar-refractivity contribution is 7.98. The van der Waals surface area contributed by atoms with Crippen molar-refractivity contribution in [1.82, 2.24) is 0 Å². The first-order chi connectivity index (χ1) is 11.7. The minimum absolute atomic E-state index is 0.120. The van der Waals surface area contributed by atoms with E-state index >= 15 is 0 Å². The molecule has 3 nitrogen and oxygen atoms in total. The summed E-state index contributed by atoms with van der Waals surface area (Å²) in [7, 11) is 0. The molecule has 0 saturated carbocycles. The van der Waals surface area contributed by atoms with Gasteiger partial charge in [0, 0.05) is 4.90 Å². The predicted octanol–water partition coefficient (Wildman–Crippen LogP) is 4.69. The van der Waals surface area contributed by atoms with Crippen LogP contribution in [-0.4, -0.2) is 18.3 Å². The smallest absolute Gasteiger partial charge is 0.265 e. The summed E-state index contributed by atoms with van der Waals surface area (Å²) in [6, 6.07) is 14.0. The number of anilines is 1. The molecule has 0 saturated heterocycles. The van der Waals surface area contributed by atoms with Crippen molar-refractivity contribution in [2.75, 3.05) is 11.6 Å². The van der Waals surface area contributed by atoms with Gasteiger partial charge in [-0.15, -0.1) is 11.8 Å². The van der Waals surface area contributed by atoms with Crippen molar-refractivity contribution in [2.24, 2.45) is 0 Å². The molecule has 0 fully saturated rings. The van der Waals surface area contributed by atoms with Crippen LogP contribution < -0.4 is 10.1 Å². The Morgan fingerprint density at radius 2 is 1.92 bits per heavy atom. The van der Waals surface area contributed by atoms with Crippen LogP contribution >= 0.6 is 11.8 Å². The Morgan fingerprint density at radius 3 is 2.75 bits per heavy atom. The summed E-state index contributed by atoms with van der Waals surface area (Å²) in [5.41, 5.74) is 3.47. The summed E-state index contributed by atoms with van der Waals surface area (Å²) in [5.74, 6) is 0.734. The van der Waals surface area contributed by atoms with E-state index in [0.717, 1.165) is 29.2 Å². The number of benzene rings is 2. The maximum Gasteiger partial charge on any atom is 0.265 e. The summed E-state index contributed by atoms with van der Waals surface area (Å²) < 4.78 is 6.00. The third kappa shape index (κ3) is 3.75. The van der Waals surface area contributed by atoms with E-state index in [1.54, 1.807) is 18.7 Å². The van der Waals surface area contributed by atoms with Crippen LogP contribution in [0.15, 0.2) is 47.4 Å². The van der Waals surface area contributed by atoms with Crippen molar-refractivity contribution in [1.29, 1.82) is 0 Å². The van der Waals surface area contributed by atoms with Gasteiger partial charge < -0.3 is 10.1 Å². The Bertz CT molecular complexity index is 729. The van der Waals surface area contributed by atoms with E-state index in [1.165, 1.54) is 24.0 Å². The maximum atomic E-state index is 12.5. The van der Waals surface area contributed by atoms with Gasteiger partial charge in [-0.3, -0.25) is 4.79 Å². The Morgan fingerprint density at radius 1 is 1.12 bits per heavy atom. The fraction of sp³-hybridized carbons (Fsp3) is 0.350. The molecule has 1 aliphatic rings. The highest BCUT2D eigenvalue weighted by Gasteiger charge is 2.20. The zero-order chi connectivity index (χ0) is 16.9. The highest BCUT2D eigenvalue weighted by Crippen LogP contribution is 2.30. The largest absolute Gasteiger partial charge is 0.481 e. The van der Waals surface area contributed by atoms with Gasteiger partial charge in [-0.25, -0.2) is 0 Å². The normalized spacial score (nSPS) is 14.6. The third-order valence-corrected chi connectivity index (χ3v) is 5.19. The van der Waals surface area contributed by atoms with Crippen LogP contribution in [0.25, 0.3) is 0 Å². The summed E-state index contributed by atoms with van der Waals surface area (Å²) in [6.07, 6.45) is 6.03. The zero-order valence-corrected chi connectivity index (χ0v) is 15.0. The van der Waals surface area contributed by atoms with Gasteiger partial charge in [0.2, 0.25) is 0 Å². The quantitative estimate of drug-likeness (QED) is 0.802. The molecule has 0 bridgehead atoms. The number of rotatable bonds is 5. The van der Waals surface area contributed by atoms with Crippen molar-refractivity contribution in [3.63, 3.8) is 0 Å². The number of ether oxygens (including phenoxy) is 1. The lowest BCUT2D eigenvalue weighted by atomic mass is 9.91. The van der Waals surface area contributed by atoms with Crippen LogP contribution in [0.2, 0.25) is 0 Å². The van der Waals surface area contributed by atoms with Crippen LogP contribution in [0, 0.1) is 0 Å². The number of nitrogens with one attached hydrogen (secondary N) is 1. The Labute approximate surface area is 147 Å². The average molecular weight is 341 g/mol. The number of hydrogen-bond donors (Lipinski definition) is 1. The van der Waals surface area contributed by atoms with E-state index in [4.69, 9.17) is 4.74 Å². The van der Waals surface area contributed by atoms with Gasteiger partial charge in [0.15, 0.2) is 6.10 Å². The standard InChI is InChI=1S/C20H23NO2S/c1-14(20(22)21-17-11-5-6-13-19(17)24-2)23-18-12-7-9-15-8-3-4-10-16(15)18/h5-7,9,11-14H,3-4,8,10H2,1-2H3,(H,21,22). The molecule has 1 atom stereocenters. The van der Waals surface area contributed by atoms with Crippen LogP contribution in [-0.2, 0) is 17.6 Å². The Kier molecular flexibility index (Phi) is 5.46. The molecular formula is C20H23NO2S. The second-order valence-electron chi connectivity index (χ2n) is 6.05. The number of hydrogen-bond acceptors (Lipinski definition) is 3. The van der Waals surface area contributed by atoms with Gasteiger partial charge >= 0.3 is 0 Å². The van der Waals surface area contributed by atoms with E-state index < -0.39 is 6.10 Å². The van der Waals surface area contributed by atoms with Gasteiger partial charge in [-0.05, 0) is 68.2 Å². The second kappa shape index (κ2) is 7.75. The molecule has 126 valence electrons. The van der Waals surface area contributed by atoms with Crippen molar-refractivity contribution < 1.29 is 9.53 Å². The van der Waals surface area contributed by atoms with Crippen LogP contribution in [0.1, 0.15) is 30.9 Å². The molecule has 1 N–H and O–H groups in total. The molecule has 0 spiro atoms. The molecule has 0 radical (unpaired) electrons. The monoisotopic (exact) mass is 341 g/mol. The fourth-order valence-corrected chi connectivity index (χ4v) is 3.64. The lowest BCUT2D eigenvalue weighted by molar-refractivity contribution is -0.122. The minimum Gasteiger partial charge on any atom is -0.481 e. The average Bonchev–Trinajstić information content (AvgIpc) is 2.62. The zero-order valence-electron chi connectivity index (χ0n) is 14.2. The van der Waals surface area contributed by atoms with E-state index in [-0.39, 0.29) is 5.91 Å². The van der Waals surface area contributed by atoms with E-state index in [2.05, 4.69) is 11.4 Å². The number of aryl methyl sites for hydroxylation is 1.